The number of aromatic nitrogens is 1. The van der Waals surface area contributed by atoms with Gasteiger partial charge in [-0.15, -0.1) is 0 Å². The highest BCUT2D eigenvalue weighted by Gasteiger charge is 2.18. The largest absolute Gasteiger partial charge is 0.366 e. The van der Waals surface area contributed by atoms with E-state index in [-0.39, 0.29) is 5.82 Å². The highest BCUT2D eigenvalue weighted by Crippen LogP contribution is 2.16. The van der Waals surface area contributed by atoms with Gasteiger partial charge >= 0.3 is 0 Å². The summed E-state index contributed by atoms with van der Waals surface area (Å²) in [5.74, 6) is -0.119. The van der Waals surface area contributed by atoms with Crippen molar-refractivity contribution in [3.8, 4) is 0 Å². The molecule has 0 bridgehead atoms. The van der Waals surface area contributed by atoms with Crippen LogP contribution in [0.4, 0.5) is 10.2 Å². The van der Waals surface area contributed by atoms with Gasteiger partial charge in [-0.25, -0.2) is 9.37 Å². The number of anilines is 1. The average molecular weight is 258 g/mol. The molecule has 1 fully saturated rings. The normalized spacial score (nSPS) is 18.3. The SMILES string of the molecule is CC(CNc1ncc(Cl)cc1F)N1CCCC1. The van der Waals surface area contributed by atoms with Crippen LogP contribution in [0.1, 0.15) is 19.8 Å². The molecule has 1 aliphatic rings. The van der Waals surface area contributed by atoms with Crippen molar-refractivity contribution in [2.24, 2.45) is 0 Å². The molecule has 0 spiro atoms. The van der Waals surface area contributed by atoms with Crippen LogP contribution in [-0.4, -0.2) is 35.6 Å². The van der Waals surface area contributed by atoms with E-state index in [1.807, 2.05) is 0 Å². The Bertz CT molecular complexity index is 380. The summed E-state index contributed by atoms with van der Waals surface area (Å²) in [4.78, 5) is 6.34. The molecule has 0 radical (unpaired) electrons. The van der Waals surface area contributed by atoms with Crippen molar-refractivity contribution in [2.45, 2.75) is 25.8 Å². The van der Waals surface area contributed by atoms with E-state index in [0.717, 1.165) is 13.1 Å². The molecule has 0 amide bonds. The summed E-state index contributed by atoms with van der Waals surface area (Å²) >= 11 is 5.64. The van der Waals surface area contributed by atoms with E-state index in [4.69, 9.17) is 11.6 Å². The second kappa shape index (κ2) is 5.65. The maximum Gasteiger partial charge on any atom is 0.166 e. The van der Waals surface area contributed by atoms with Gasteiger partial charge < -0.3 is 5.32 Å². The second-order valence-corrected chi connectivity index (χ2v) is 4.89. The lowest BCUT2D eigenvalue weighted by Crippen LogP contribution is -2.35. The number of nitrogens with zero attached hydrogens (tertiary/aromatic N) is 2. The van der Waals surface area contributed by atoms with E-state index >= 15 is 0 Å². The van der Waals surface area contributed by atoms with Gasteiger partial charge in [0.25, 0.3) is 0 Å². The van der Waals surface area contributed by atoms with Gasteiger partial charge in [0, 0.05) is 18.8 Å². The zero-order valence-electron chi connectivity index (χ0n) is 9.92. The van der Waals surface area contributed by atoms with Gasteiger partial charge in [0.2, 0.25) is 0 Å². The standard InChI is InChI=1S/C12H17ClFN3/c1-9(17-4-2-3-5-17)7-15-12-11(14)6-10(13)8-16-12/h6,8-9H,2-5,7H2,1H3,(H,15,16). The zero-order valence-corrected chi connectivity index (χ0v) is 10.7. The Labute approximate surface area is 106 Å². The fourth-order valence-electron chi connectivity index (χ4n) is 2.10. The molecule has 3 nitrogen and oxygen atoms in total. The first kappa shape index (κ1) is 12.6. The van der Waals surface area contributed by atoms with Crippen molar-refractivity contribution < 1.29 is 4.39 Å². The van der Waals surface area contributed by atoms with Crippen LogP contribution in [-0.2, 0) is 0 Å². The monoisotopic (exact) mass is 257 g/mol. The van der Waals surface area contributed by atoms with Gasteiger partial charge in [-0.3, -0.25) is 4.90 Å². The van der Waals surface area contributed by atoms with Crippen molar-refractivity contribution in [1.29, 1.82) is 0 Å². The van der Waals surface area contributed by atoms with Gasteiger partial charge in [-0.2, -0.15) is 0 Å². The predicted molar refractivity (Wildman–Crippen MR) is 68.0 cm³/mol. The van der Waals surface area contributed by atoms with Gasteiger partial charge in [0.05, 0.1) is 5.02 Å². The first-order valence-corrected chi connectivity index (χ1v) is 6.33. The maximum atomic E-state index is 13.5. The number of rotatable bonds is 4. The van der Waals surface area contributed by atoms with Crippen LogP contribution in [0.25, 0.3) is 0 Å². The molecule has 1 aromatic rings. The Morgan fingerprint density at radius 1 is 1.53 bits per heavy atom. The summed E-state index contributed by atoms with van der Waals surface area (Å²) in [7, 11) is 0. The summed E-state index contributed by atoms with van der Waals surface area (Å²) < 4.78 is 13.5. The molecule has 0 saturated carbocycles. The lowest BCUT2D eigenvalue weighted by Gasteiger charge is -2.24. The molecule has 0 aliphatic carbocycles. The van der Waals surface area contributed by atoms with E-state index in [9.17, 15) is 4.39 Å². The molecule has 5 heteroatoms. The van der Waals surface area contributed by atoms with Gasteiger partial charge in [-0.05, 0) is 38.9 Å². The third kappa shape index (κ3) is 3.30. The average Bonchev–Trinajstić information content (AvgIpc) is 2.81. The smallest absolute Gasteiger partial charge is 0.166 e. The van der Waals surface area contributed by atoms with Crippen molar-refractivity contribution in [1.82, 2.24) is 9.88 Å². The lowest BCUT2D eigenvalue weighted by molar-refractivity contribution is 0.269. The number of hydrogen-bond donors (Lipinski definition) is 1. The van der Waals surface area contributed by atoms with E-state index in [1.54, 1.807) is 0 Å². The van der Waals surface area contributed by atoms with Crippen molar-refractivity contribution >= 4 is 17.4 Å². The van der Waals surface area contributed by atoms with Crippen LogP contribution in [0.15, 0.2) is 12.3 Å². The van der Waals surface area contributed by atoms with Crippen LogP contribution in [0.2, 0.25) is 5.02 Å². The topological polar surface area (TPSA) is 28.2 Å². The second-order valence-electron chi connectivity index (χ2n) is 4.46. The summed E-state index contributed by atoms with van der Waals surface area (Å²) in [6.45, 7) is 5.12. The summed E-state index contributed by atoms with van der Waals surface area (Å²) in [6.07, 6.45) is 3.98. The maximum absolute atomic E-state index is 13.5. The number of halogens is 2. The Morgan fingerprint density at radius 2 is 2.24 bits per heavy atom. The van der Waals surface area contributed by atoms with Gasteiger partial charge in [0.1, 0.15) is 0 Å². The molecule has 0 aromatic carbocycles. The number of pyridine rings is 1. The first-order chi connectivity index (χ1) is 8.16. The van der Waals surface area contributed by atoms with Crippen molar-refractivity contribution in [3.05, 3.63) is 23.1 Å². The number of likely N-dealkylation sites (tertiary alicyclic amines) is 1. The molecule has 94 valence electrons. The molecular weight excluding hydrogens is 241 g/mol. The first-order valence-electron chi connectivity index (χ1n) is 5.96. The molecule has 1 aromatic heterocycles. The van der Waals surface area contributed by atoms with Crippen LogP contribution < -0.4 is 5.32 Å². The predicted octanol–water partition coefficient (Wildman–Crippen LogP) is 2.77. The van der Waals surface area contributed by atoms with E-state index in [1.165, 1.54) is 25.1 Å². The molecule has 1 saturated heterocycles. The summed E-state index contributed by atoms with van der Waals surface area (Å²) in [5.41, 5.74) is 0. The third-order valence-corrected chi connectivity index (χ3v) is 3.34. The minimum absolute atomic E-state index is 0.278. The summed E-state index contributed by atoms with van der Waals surface area (Å²) in [6, 6.07) is 1.67. The molecule has 1 atom stereocenters. The molecule has 1 N–H and O–H groups in total. The van der Waals surface area contributed by atoms with E-state index in [0.29, 0.717) is 17.6 Å². The fourth-order valence-corrected chi connectivity index (χ4v) is 2.25. The Kier molecular flexibility index (Phi) is 4.18. The third-order valence-electron chi connectivity index (χ3n) is 3.14. The molecule has 17 heavy (non-hydrogen) atoms. The zero-order chi connectivity index (χ0) is 12.3. The minimum atomic E-state index is -0.397. The number of nitrogens with one attached hydrogen (secondary N) is 1. The summed E-state index contributed by atoms with van der Waals surface area (Å²) in [5, 5.41) is 3.35. The highest BCUT2D eigenvalue weighted by atomic mass is 35.5. The van der Waals surface area contributed by atoms with E-state index in [2.05, 4.69) is 22.1 Å². The van der Waals surface area contributed by atoms with Gasteiger partial charge in [-0.1, -0.05) is 11.6 Å². The molecule has 1 aliphatic heterocycles. The molecule has 1 unspecified atom stereocenters. The lowest BCUT2D eigenvalue weighted by atomic mass is 10.3. The van der Waals surface area contributed by atoms with Crippen molar-refractivity contribution in [2.75, 3.05) is 25.0 Å². The Hall–Kier alpha value is -0.870. The number of hydrogen-bond acceptors (Lipinski definition) is 3. The van der Waals surface area contributed by atoms with E-state index < -0.39 is 5.82 Å². The molecular formula is C12H17ClFN3. The Balaban J connectivity index is 1.88. The van der Waals surface area contributed by atoms with Crippen LogP contribution in [0.5, 0.6) is 0 Å². The minimum Gasteiger partial charge on any atom is -0.366 e. The molecule has 2 heterocycles. The highest BCUT2D eigenvalue weighted by molar-refractivity contribution is 6.30. The van der Waals surface area contributed by atoms with Crippen LogP contribution in [0.3, 0.4) is 0 Å². The van der Waals surface area contributed by atoms with Crippen LogP contribution in [0, 0.1) is 5.82 Å². The van der Waals surface area contributed by atoms with Crippen molar-refractivity contribution in [3.63, 3.8) is 0 Å². The molecule has 2 rings (SSSR count). The quantitative estimate of drug-likeness (QED) is 0.899. The fraction of sp³-hybridized carbons (Fsp3) is 0.583. The van der Waals surface area contributed by atoms with Gasteiger partial charge in [0.15, 0.2) is 11.6 Å². The Morgan fingerprint density at radius 3 is 2.88 bits per heavy atom. The van der Waals surface area contributed by atoms with Crippen LogP contribution >= 0.6 is 11.6 Å².